The normalized spacial score (nSPS) is 13.4. The Morgan fingerprint density at radius 1 is 1.08 bits per heavy atom. The molecule has 3 aromatic rings. The Labute approximate surface area is 220 Å². The molecule has 0 spiro atoms. The summed E-state index contributed by atoms with van der Waals surface area (Å²) in [5.74, 6) is 1.22. The minimum Gasteiger partial charge on any atom is -0.465 e. The number of aryl methyl sites for hydroxylation is 1. The largest absolute Gasteiger partial charge is 0.465 e. The Balaban J connectivity index is 1.37. The van der Waals surface area contributed by atoms with E-state index in [4.69, 9.17) is 9.47 Å². The summed E-state index contributed by atoms with van der Waals surface area (Å²) in [4.78, 5) is 35.0. The van der Waals surface area contributed by atoms with Crippen molar-refractivity contribution in [3.05, 3.63) is 77.1 Å². The van der Waals surface area contributed by atoms with Crippen LogP contribution in [0.3, 0.4) is 0 Å². The second-order valence-corrected chi connectivity index (χ2v) is 8.57. The summed E-state index contributed by atoms with van der Waals surface area (Å²) >= 11 is 0. The molecular formula is C27H30N6O5. The van der Waals surface area contributed by atoms with Crippen LogP contribution in [0.25, 0.3) is 0 Å². The lowest BCUT2D eigenvalue weighted by molar-refractivity contribution is 0.0600. The number of nitrogens with zero attached hydrogens (tertiary/aromatic N) is 5. The number of nitrogens with one attached hydrogen (secondary N) is 1. The maximum absolute atomic E-state index is 12.2. The summed E-state index contributed by atoms with van der Waals surface area (Å²) < 4.78 is 15.4. The minimum absolute atomic E-state index is 0.0680. The van der Waals surface area contributed by atoms with Crippen molar-refractivity contribution in [1.82, 2.24) is 9.97 Å². The van der Waals surface area contributed by atoms with E-state index in [9.17, 15) is 9.59 Å². The quantitative estimate of drug-likeness (QED) is 0.324. The molecule has 2 heterocycles. The first-order chi connectivity index (χ1) is 18.5. The van der Waals surface area contributed by atoms with Crippen molar-refractivity contribution in [1.29, 1.82) is 0 Å². The van der Waals surface area contributed by atoms with E-state index in [1.54, 1.807) is 30.3 Å². The van der Waals surface area contributed by atoms with Crippen LogP contribution < -0.4 is 10.2 Å². The number of morpholine rings is 1. The molecule has 0 bridgehead atoms. The number of hydrogen-bond donors (Lipinski definition) is 1. The van der Waals surface area contributed by atoms with Gasteiger partial charge in [0.2, 0.25) is 0 Å². The molecule has 0 atom stereocenters. The number of carbonyl (C=O) groups excluding carboxylic acids is 2. The molecule has 11 nitrogen and oxygen atoms in total. The van der Waals surface area contributed by atoms with Gasteiger partial charge in [0.1, 0.15) is 18.2 Å². The Morgan fingerprint density at radius 3 is 2.61 bits per heavy atom. The summed E-state index contributed by atoms with van der Waals surface area (Å²) in [6.07, 6.45) is -0.328. The molecule has 1 aliphatic heterocycles. The standard InChI is InChI=1S/C27H30N6O5/c1-19-4-3-5-20(16-19)18-28-32-24-17-25(33-11-14-37-15-12-33)31-23(30-24)10-13-38-27(35)29-22-8-6-21(7-9-22)26(34)36-2/h3-9,16-17H,10-15,18H2,1-2H3,(H,29,35). The smallest absolute Gasteiger partial charge is 0.411 e. The van der Waals surface area contributed by atoms with Gasteiger partial charge in [-0.2, -0.15) is 5.11 Å². The van der Waals surface area contributed by atoms with Crippen molar-refractivity contribution in [3.63, 3.8) is 0 Å². The van der Waals surface area contributed by atoms with Crippen molar-refractivity contribution in [2.24, 2.45) is 10.2 Å². The van der Waals surface area contributed by atoms with Gasteiger partial charge in [-0.1, -0.05) is 29.8 Å². The van der Waals surface area contributed by atoms with Gasteiger partial charge in [0, 0.05) is 31.3 Å². The zero-order valence-electron chi connectivity index (χ0n) is 21.4. The van der Waals surface area contributed by atoms with Crippen LogP contribution in [0.1, 0.15) is 27.3 Å². The van der Waals surface area contributed by atoms with Crippen LogP contribution in [0.5, 0.6) is 0 Å². The van der Waals surface area contributed by atoms with Crippen LogP contribution >= 0.6 is 0 Å². The van der Waals surface area contributed by atoms with Gasteiger partial charge in [-0.05, 0) is 36.8 Å². The van der Waals surface area contributed by atoms with Gasteiger partial charge in [0.25, 0.3) is 0 Å². The average molecular weight is 519 g/mol. The molecule has 1 aliphatic rings. The fraction of sp³-hybridized carbons (Fsp3) is 0.333. The highest BCUT2D eigenvalue weighted by Crippen LogP contribution is 2.20. The van der Waals surface area contributed by atoms with E-state index in [0.29, 0.717) is 62.2 Å². The molecule has 0 aliphatic carbocycles. The van der Waals surface area contributed by atoms with E-state index in [-0.39, 0.29) is 6.61 Å². The van der Waals surface area contributed by atoms with E-state index >= 15 is 0 Å². The van der Waals surface area contributed by atoms with E-state index in [1.807, 2.05) is 25.1 Å². The monoisotopic (exact) mass is 518 g/mol. The second kappa shape index (κ2) is 13.2. The Morgan fingerprint density at radius 2 is 1.87 bits per heavy atom. The van der Waals surface area contributed by atoms with Crippen molar-refractivity contribution in [2.75, 3.05) is 50.2 Å². The lowest BCUT2D eigenvalue weighted by Gasteiger charge is -2.28. The Bertz CT molecular complexity index is 1280. The molecule has 1 amide bonds. The van der Waals surface area contributed by atoms with Crippen molar-refractivity contribution < 1.29 is 23.8 Å². The number of anilines is 2. The molecule has 11 heteroatoms. The maximum atomic E-state index is 12.2. The third-order valence-electron chi connectivity index (χ3n) is 5.70. The Hall–Kier alpha value is -4.38. The first kappa shape index (κ1) is 26.7. The molecular weight excluding hydrogens is 488 g/mol. The number of hydrogen-bond acceptors (Lipinski definition) is 10. The number of methoxy groups -OCH3 is 1. The van der Waals surface area contributed by atoms with Gasteiger partial charge in [-0.15, -0.1) is 5.11 Å². The van der Waals surface area contributed by atoms with Gasteiger partial charge in [0.15, 0.2) is 5.82 Å². The molecule has 38 heavy (non-hydrogen) atoms. The van der Waals surface area contributed by atoms with Gasteiger partial charge in [-0.3, -0.25) is 5.32 Å². The lowest BCUT2D eigenvalue weighted by atomic mass is 10.1. The topological polar surface area (TPSA) is 128 Å². The lowest BCUT2D eigenvalue weighted by Crippen LogP contribution is -2.37. The van der Waals surface area contributed by atoms with Crippen LogP contribution in [0, 0.1) is 6.92 Å². The van der Waals surface area contributed by atoms with Crippen LogP contribution in [0.4, 0.5) is 22.1 Å². The van der Waals surface area contributed by atoms with Gasteiger partial charge < -0.3 is 19.1 Å². The predicted molar refractivity (Wildman–Crippen MR) is 141 cm³/mol. The number of aromatic nitrogens is 2. The van der Waals surface area contributed by atoms with Gasteiger partial charge >= 0.3 is 12.1 Å². The summed E-state index contributed by atoms with van der Waals surface area (Å²) in [6.45, 7) is 5.21. The molecule has 1 N–H and O–H groups in total. The number of rotatable bonds is 9. The van der Waals surface area contributed by atoms with E-state index in [2.05, 4.69) is 41.2 Å². The number of amides is 1. The number of ether oxygens (including phenoxy) is 3. The fourth-order valence-electron chi connectivity index (χ4n) is 3.78. The second-order valence-electron chi connectivity index (χ2n) is 8.57. The molecule has 1 saturated heterocycles. The molecule has 4 rings (SSSR count). The summed E-state index contributed by atoms with van der Waals surface area (Å²) in [5.41, 5.74) is 3.11. The van der Waals surface area contributed by atoms with Crippen LogP contribution in [0.15, 0.2) is 64.8 Å². The highest BCUT2D eigenvalue weighted by molar-refractivity contribution is 5.91. The number of azo groups is 1. The van der Waals surface area contributed by atoms with Gasteiger partial charge in [0.05, 0.1) is 32.4 Å². The number of esters is 1. The van der Waals surface area contributed by atoms with E-state index in [0.717, 1.165) is 11.4 Å². The SMILES string of the molecule is COC(=O)c1ccc(NC(=O)OCCc2nc(N=NCc3cccc(C)c3)cc(N3CCOCC3)n2)cc1. The third-order valence-corrected chi connectivity index (χ3v) is 5.70. The molecule has 0 unspecified atom stereocenters. The molecule has 0 saturated carbocycles. The van der Waals surface area contributed by atoms with E-state index < -0.39 is 12.1 Å². The first-order valence-corrected chi connectivity index (χ1v) is 12.3. The highest BCUT2D eigenvalue weighted by Gasteiger charge is 2.16. The number of benzene rings is 2. The predicted octanol–water partition coefficient (Wildman–Crippen LogP) is 4.48. The van der Waals surface area contributed by atoms with Crippen LogP contribution in [-0.2, 0) is 27.2 Å². The minimum atomic E-state index is -0.627. The van der Waals surface area contributed by atoms with Crippen molar-refractivity contribution in [3.8, 4) is 0 Å². The summed E-state index contributed by atoms with van der Waals surface area (Å²) in [5, 5.41) is 11.3. The summed E-state index contributed by atoms with van der Waals surface area (Å²) in [6, 6.07) is 16.2. The molecule has 0 radical (unpaired) electrons. The zero-order chi connectivity index (χ0) is 26.7. The third kappa shape index (κ3) is 7.81. The average Bonchev–Trinajstić information content (AvgIpc) is 2.93. The van der Waals surface area contributed by atoms with Crippen molar-refractivity contribution in [2.45, 2.75) is 19.9 Å². The zero-order valence-corrected chi connectivity index (χ0v) is 21.4. The van der Waals surface area contributed by atoms with Crippen molar-refractivity contribution >= 4 is 29.4 Å². The molecule has 2 aromatic carbocycles. The van der Waals surface area contributed by atoms with Gasteiger partial charge in [-0.25, -0.2) is 19.6 Å². The first-order valence-electron chi connectivity index (χ1n) is 12.3. The summed E-state index contributed by atoms with van der Waals surface area (Å²) in [7, 11) is 1.31. The van der Waals surface area contributed by atoms with Crippen LogP contribution in [0.2, 0.25) is 0 Å². The van der Waals surface area contributed by atoms with Crippen LogP contribution in [-0.4, -0.2) is 62.1 Å². The number of carbonyl (C=O) groups is 2. The molecule has 1 aromatic heterocycles. The highest BCUT2D eigenvalue weighted by atomic mass is 16.5. The molecule has 1 fully saturated rings. The Kier molecular flexibility index (Phi) is 9.30. The van der Waals surface area contributed by atoms with E-state index in [1.165, 1.54) is 12.7 Å². The molecule has 198 valence electrons. The fourth-order valence-corrected chi connectivity index (χ4v) is 3.78. The maximum Gasteiger partial charge on any atom is 0.411 e.